The van der Waals surface area contributed by atoms with Gasteiger partial charge in [0.25, 0.3) is 6.43 Å². The fraction of sp³-hybridized carbons (Fsp3) is 0.667. The lowest BCUT2D eigenvalue weighted by Crippen LogP contribution is -2.26. The molecule has 0 atom stereocenters. The lowest BCUT2D eigenvalue weighted by Gasteiger charge is -2.22. The Morgan fingerprint density at radius 1 is 1.18 bits per heavy atom. The van der Waals surface area contributed by atoms with Crippen LogP contribution in [0, 0.1) is 0 Å². The van der Waals surface area contributed by atoms with Gasteiger partial charge in [0.1, 0.15) is 10.7 Å². The van der Waals surface area contributed by atoms with E-state index in [0.29, 0.717) is 4.68 Å². The van der Waals surface area contributed by atoms with Crippen molar-refractivity contribution in [3.8, 4) is 0 Å². The molecule has 0 amide bonds. The summed E-state index contributed by atoms with van der Waals surface area (Å²) in [6, 6.07) is 0. The van der Waals surface area contributed by atoms with Crippen LogP contribution in [0.25, 0.3) is 0 Å². The number of nitrogens with zero attached hydrogens (tertiary/aromatic N) is 2. The molecule has 0 saturated heterocycles. The standard InChI is InChI=1S/C9H10ClF5N2/c1-8(2,3)17-5(7(11)12)4(10)6(16-17)9(13,14)15/h7H,1-3H3. The first-order valence-corrected chi connectivity index (χ1v) is 4.98. The van der Waals surface area contributed by atoms with Crippen LogP contribution < -0.4 is 0 Å². The van der Waals surface area contributed by atoms with Gasteiger partial charge in [0.2, 0.25) is 0 Å². The minimum Gasteiger partial charge on any atom is -0.256 e. The highest BCUT2D eigenvalue weighted by molar-refractivity contribution is 6.32. The van der Waals surface area contributed by atoms with Crippen molar-refractivity contribution in [2.45, 2.75) is 38.9 Å². The highest BCUT2D eigenvalue weighted by atomic mass is 35.5. The SMILES string of the molecule is CC(C)(C)n1nc(C(F)(F)F)c(Cl)c1C(F)F. The summed E-state index contributed by atoms with van der Waals surface area (Å²) in [7, 11) is 0. The van der Waals surface area contributed by atoms with Crippen molar-refractivity contribution in [2.24, 2.45) is 0 Å². The molecule has 17 heavy (non-hydrogen) atoms. The van der Waals surface area contributed by atoms with Crippen LogP contribution in [0.4, 0.5) is 22.0 Å². The number of rotatable bonds is 1. The highest BCUT2D eigenvalue weighted by Crippen LogP contribution is 2.40. The van der Waals surface area contributed by atoms with Gasteiger partial charge in [-0.25, -0.2) is 8.78 Å². The number of hydrogen-bond acceptors (Lipinski definition) is 1. The molecular formula is C9H10ClF5N2. The molecule has 1 aromatic rings. The van der Waals surface area contributed by atoms with Crippen molar-refractivity contribution in [1.82, 2.24) is 9.78 Å². The summed E-state index contributed by atoms with van der Waals surface area (Å²) in [6.07, 6.45) is -7.97. The van der Waals surface area contributed by atoms with E-state index in [2.05, 4.69) is 5.10 Å². The monoisotopic (exact) mass is 276 g/mol. The summed E-state index contributed by atoms with van der Waals surface area (Å²) >= 11 is 5.33. The van der Waals surface area contributed by atoms with Crippen molar-refractivity contribution in [3.63, 3.8) is 0 Å². The Morgan fingerprint density at radius 3 is 1.88 bits per heavy atom. The van der Waals surface area contributed by atoms with Gasteiger partial charge in [0.15, 0.2) is 5.69 Å². The van der Waals surface area contributed by atoms with Crippen LogP contribution in [0.3, 0.4) is 0 Å². The van der Waals surface area contributed by atoms with Crippen LogP contribution in [-0.2, 0) is 11.7 Å². The van der Waals surface area contributed by atoms with Crippen LogP contribution in [0.1, 0.15) is 38.6 Å². The van der Waals surface area contributed by atoms with Crippen molar-refractivity contribution in [3.05, 3.63) is 16.4 Å². The van der Waals surface area contributed by atoms with E-state index in [9.17, 15) is 22.0 Å². The lowest BCUT2D eigenvalue weighted by atomic mass is 10.1. The third-order valence-corrected chi connectivity index (χ3v) is 2.34. The topological polar surface area (TPSA) is 17.8 Å². The molecule has 0 fully saturated rings. The second-order valence-corrected chi connectivity index (χ2v) is 4.81. The van der Waals surface area contributed by atoms with Gasteiger partial charge in [0, 0.05) is 0 Å². The molecule has 0 bridgehead atoms. The third kappa shape index (κ3) is 2.70. The second-order valence-electron chi connectivity index (χ2n) is 4.43. The van der Waals surface area contributed by atoms with E-state index in [-0.39, 0.29) is 0 Å². The molecule has 0 aliphatic heterocycles. The summed E-state index contributed by atoms with van der Waals surface area (Å²) in [4.78, 5) is 0. The average molecular weight is 277 g/mol. The predicted molar refractivity (Wildman–Crippen MR) is 52.2 cm³/mol. The minimum atomic E-state index is -4.85. The number of hydrogen-bond donors (Lipinski definition) is 0. The molecule has 1 rings (SSSR count). The zero-order valence-electron chi connectivity index (χ0n) is 9.24. The Labute approximate surface area is 99.4 Å². The maximum atomic E-state index is 12.7. The Kier molecular flexibility index (Phi) is 3.44. The van der Waals surface area contributed by atoms with Crippen molar-refractivity contribution >= 4 is 11.6 Å². The quantitative estimate of drug-likeness (QED) is 0.701. The van der Waals surface area contributed by atoms with Crippen LogP contribution >= 0.6 is 11.6 Å². The zero-order chi connectivity index (χ0) is 13.6. The molecule has 8 heteroatoms. The third-order valence-electron chi connectivity index (χ3n) is 1.97. The first kappa shape index (κ1) is 14.2. The van der Waals surface area contributed by atoms with E-state index in [1.54, 1.807) is 0 Å². The van der Waals surface area contributed by atoms with Gasteiger partial charge in [0.05, 0.1) is 5.54 Å². The number of alkyl halides is 5. The van der Waals surface area contributed by atoms with E-state index in [4.69, 9.17) is 11.6 Å². The van der Waals surface area contributed by atoms with Crippen molar-refractivity contribution in [2.75, 3.05) is 0 Å². The van der Waals surface area contributed by atoms with Crippen molar-refractivity contribution < 1.29 is 22.0 Å². The number of aromatic nitrogens is 2. The Bertz CT molecular complexity index is 416. The van der Waals surface area contributed by atoms with Gasteiger partial charge in [-0.15, -0.1) is 0 Å². The normalized spacial score (nSPS) is 13.5. The van der Waals surface area contributed by atoms with Crippen LogP contribution in [0.15, 0.2) is 0 Å². The second kappa shape index (κ2) is 4.12. The van der Waals surface area contributed by atoms with Crippen molar-refractivity contribution in [1.29, 1.82) is 0 Å². The van der Waals surface area contributed by atoms with Crippen LogP contribution in [-0.4, -0.2) is 9.78 Å². The largest absolute Gasteiger partial charge is 0.436 e. The molecule has 98 valence electrons. The predicted octanol–water partition coefficient (Wildman–Crippen LogP) is 4.25. The smallest absolute Gasteiger partial charge is 0.256 e. The number of halogens is 6. The van der Waals surface area contributed by atoms with Gasteiger partial charge in [-0.3, -0.25) is 4.68 Å². The van der Waals surface area contributed by atoms with Gasteiger partial charge < -0.3 is 0 Å². The van der Waals surface area contributed by atoms with E-state index in [1.165, 1.54) is 20.8 Å². The molecular weight excluding hydrogens is 267 g/mol. The van der Waals surface area contributed by atoms with Gasteiger partial charge in [-0.1, -0.05) is 11.6 Å². The van der Waals surface area contributed by atoms with E-state index in [1.807, 2.05) is 0 Å². The summed E-state index contributed by atoms with van der Waals surface area (Å²) in [5.74, 6) is 0. The Hall–Kier alpha value is -0.850. The molecule has 0 radical (unpaired) electrons. The molecule has 0 aliphatic rings. The molecule has 1 aromatic heterocycles. The molecule has 1 heterocycles. The molecule has 0 aliphatic carbocycles. The first-order chi connectivity index (χ1) is 7.46. The Balaban J connectivity index is 3.52. The fourth-order valence-corrected chi connectivity index (χ4v) is 1.60. The summed E-state index contributed by atoms with van der Waals surface area (Å²) in [5.41, 5.74) is -3.41. The first-order valence-electron chi connectivity index (χ1n) is 4.60. The Morgan fingerprint density at radius 2 is 1.65 bits per heavy atom. The molecule has 0 aromatic carbocycles. The van der Waals surface area contributed by atoms with E-state index in [0.717, 1.165) is 0 Å². The summed E-state index contributed by atoms with van der Waals surface area (Å²) < 4.78 is 63.5. The summed E-state index contributed by atoms with van der Waals surface area (Å²) in [5, 5.41) is 2.11. The molecule has 0 saturated carbocycles. The maximum Gasteiger partial charge on any atom is 0.436 e. The van der Waals surface area contributed by atoms with Gasteiger partial charge >= 0.3 is 6.18 Å². The molecule has 0 N–H and O–H groups in total. The maximum absolute atomic E-state index is 12.7. The summed E-state index contributed by atoms with van der Waals surface area (Å²) in [6.45, 7) is 4.38. The fourth-order valence-electron chi connectivity index (χ4n) is 1.29. The molecule has 0 spiro atoms. The zero-order valence-corrected chi connectivity index (χ0v) is 10.00. The van der Waals surface area contributed by atoms with E-state index < -0.39 is 34.6 Å². The van der Waals surface area contributed by atoms with Crippen LogP contribution in [0.2, 0.25) is 5.02 Å². The molecule has 2 nitrogen and oxygen atoms in total. The van der Waals surface area contributed by atoms with Gasteiger partial charge in [-0.2, -0.15) is 18.3 Å². The van der Waals surface area contributed by atoms with E-state index >= 15 is 0 Å². The minimum absolute atomic E-state index is 0.614. The molecule has 0 unspecified atom stereocenters. The van der Waals surface area contributed by atoms with Gasteiger partial charge in [-0.05, 0) is 20.8 Å². The highest BCUT2D eigenvalue weighted by Gasteiger charge is 2.41. The average Bonchev–Trinajstić information content (AvgIpc) is 2.40. The lowest BCUT2D eigenvalue weighted by molar-refractivity contribution is -0.141. The van der Waals surface area contributed by atoms with Crippen LogP contribution in [0.5, 0.6) is 0 Å².